The van der Waals surface area contributed by atoms with Crippen molar-refractivity contribution in [2.24, 2.45) is 5.92 Å². The first-order valence-corrected chi connectivity index (χ1v) is 9.44. The van der Waals surface area contributed by atoms with Crippen LogP contribution in [0.25, 0.3) is 0 Å². The summed E-state index contributed by atoms with van der Waals surface area (Å²) in [5.74, 6) is 1.03. The molecule has 0 saturated carbocycles. The van der Waals surface area contributed by atoms with Crippen molar-refractivity contribution in [1.82, 2.24) is 4.90 Å². The van der Waals surface area contributed by atoms with Crippen molar-refractivity contribution in [1.29, 1.82) is 0 Å². The fourth-order valence-electron chi connectivity index (χ4n) is 2.22. The second-order valence-electron chi connectivity index (χ2n) is 5.69. The molecule has 0 aliphatic carbocycles. The number of likely N-dealkylation sites (tertiary alicyclic amines) is 1. The molecule has 1 aliphatic heterocycles. The van der Waals surface area contributed by atoms with Gasteiger partial charge >= 0.3 is 0 Å². The molecule has 1 aliphatic rings. The van der Waals surface area contributed by atoms with Crippen LogP contribution in [0.1, 0.15) is 26.2 Å². The van der Waals surface area contributed by atoms with E-state index >= 15 is 0 Å². The van der Waals surface area contributed by atoms with Gasteiger partial charge in [0.25, 0.3) is 0 Å². The topological polar surface area (TPSA) is 3.24 Å². The molecule has 2 heteroatoms. The van der Waals surface area contributed by atoms with Crippen LogP contribution in [0.5, 0.6) is 0 Å². The molecule has 0 spiro atoms. The minimum Gasteiger partial charge on any atom is -0.306 e. The average Bonchev–Trinajstić information content (AvgIpc) is 2.03. The molecule has 0 unspecified atom stereocenters. The Hall–Kier alpha value is 0.177. The number of hydrogen-bond acceptors (Lipinski definition) is 1. The summed E-state index contributed by atoms with van der Waals surface area (Å²) in [4.78, 5) is 2.69. The van der Waals surface area contributed by atoms with E-state index in [0.717, 1.165) is 5.92 Å². The standard InChI is InChI=1S/C11H25NSi/c1-5-11-6-8-12(9-7-11)10-13(2,3)4/h11H,5-10H2,1-4H3. The van der Waals surface area contributed by atoms with Crippen molar-refractivity contribution in [2.45, 2.75) is 45.8 Å². The summed E-state index contributed by atoms with van der Waals surface area (Å²) in [6, 6.07) is 0. The first kappa shape index (κ1) is 11.3. The van der Waals surface area contributed by atoms with E-state index in [0.29, 0.717) is 0 Å². The fourth-order valence-corrected chi connectivity index (χ4v) is 3.88. The lowest BCUT2D eigenvalue weighted by atomic mass is 9.95. The van der Waals surface area contributed by atoms with Gasteiger partial charge in [-0.15, -0.1) is 0 Å². The highest BCUT2D eigenvalue weighted by Gasteiger charge is 2.22. The van der Waals surface area contributed by atoms with Crippen molar-refractivity contribution in [3.05, 3.63) is 0 Å². The molecule has 1 nitrogen and oxygen atoms in total. The zero-order valence-corrected chi connectivity index (χ0v) is 10.8. The summed E-state index contributed by atoms with van der Waals surface area (Å²) in [6.45, 7) is 12.5. The van der Waals surface area contributed by atoms with Gasteiger partial charge in [0.05, 0.1) is 8.07 Å². The Balaban J connectivity index is 2.25. The molecule has 1 fully saturated rings. The van der Waals surface area contributed by atoms with Crippen molar-refractivity contribution in [3.63, 3.8) is 0 Å². The third-order valence-corrected chi connectivity index (χ3v) is 4.38. The van der Waals surface area contributed by atoms with E-state index in [4.69, 9.17) is 0 Å². The average molecular weight is 199 g/mol. The van der Waals surface area contributed by atoms with Crippen LogP contribution in [-0.4, -0.2) is 32.2 Å². The van der Waals surface area contributed by atoms with Crippen molar-refractivity contribution in [2.75, 3.05) is 19.3 Å². The Morgan fingerprint density at radius 2 is 1.69 bits per heavy atom. The van der Waals surface area contributed by atoms with Crippen LogP contribution in [0.3, 0.4) is 0 Å². The maximum absolute atomic E-state index is 2.69. The maximum Gasteiger partial charge on any atom is 0.0599 e. The molecule has 13 heavy (non-hydrogen) atoms. The van der Waals surface area contributed by atoms with E-state index in [9.17, 15) is 0 Å². The lowest BCUT2D eigenvalue weighted by Gasteiger charge is -2.35. The highest BCUT2D eigenvalue weighted by Crippen LogP contribution is 2.20. The zero-order chi connectivity index (χ0) is 9.90. The van der Waals surface area contributed by atoms with Gasteiger partial charge in [-0.1, -0.05) is 33.0 Å². The molecule has 78 valence electrons. The largest absolute Gasteiger partial charge is 0.306 e. The first-order chi connectivity index (χ1) is 6.01. The van der Waals surface area contributed by atoms with Gasteiger partial charge in [0.2, 0.25) is 0 Å². The van der Waals surface area contributed by atoms with Crippen LogP contribution in [0.2, 0.25) is 19.6 Å². The van der Waals surface area contributed by atoms with Crippen LogP contribution in [0.15, 0.2) is 0 Å². The fraction of sp³-hybridized carbons (Fsp3) is 1.00. The third-order valence-electron chi connectivity index (χ3n) is 2.98. The highest BCUT2D eigenvalue weighted by molar-refractivity contribution is 6.76. The lowest BCUT2D eigenvalue weighted by Crippen LogP contribution is -2.44. The smallest absolute Gasteiger partial charge is 0.0599 e. The summed E-state index contributed by atoms with van der Waals surface area (Å²) in [7, 11) is -0.851. The highest BCUT2D eigenvalue weighted by atomic mass is 28.3. The molecule has 0 N–H and O–H groups in total. The van der Waals surface area contributed by atoms with E-state index in [1.54, 1.807) is 0 Å². The summed E-state index contributed by atoms with van der Waals surface area (Å²) >= 11 is 0. The van der Waals surface area contributed by atoms with Crippen molar-refractivity contribution >= 4 is 8.07 Å². The monoisotopic (exact) mass is 199 g/mol. The summed E-state index contributed by atoms with van der Waals surface area (Å²) in [5, 5.41) is 0. The van der Waals surface area contributed by atoms with Crippen LogP contribution < -0.4 is 0 Å². The SMILES string of the molecule is CCC1CCN(C[Si](C)(C)C)CC1. The van der Waals surface area contributed by atoms with Gasteiger partial charge in [0, 0.05) is 0 Å². The molecular formula is C11H25NSi. The number of hydrogen-bond donors (Lipinski definition) is 0. The van der Waals surface area contributed by atoms with Gasteiger partial charge in [-0.25, -0.2) is 0 Å². The quantitative estimate of drug-likeness (QED) is 0.632. The second-order valence-corrected chi connectivity index (χ2v) is 11.1. The normalized spacial score (nSPS) is 22.2. The predicted molar refractivity (Wildman–Crippen MR) is 62.8 cm³/mol. The summed E-state index contributed by atoms with van der Waals surface area (Å²) in [6.07, 6.45) is 5.69. The van der Waals surface area contributed by atoms with Gasteiger partial charge in [-0.2, -0.15) is 0 Å². The van der Waals surface area contributed by atoms with Gasteiger partial charge in [-0.05, 0) is 38.0 Å². The summed E-state index contributed by atoms with van der Waals surface area (Å²) < 4.78 is 0. The molecule has 0 aromatic rings. The van der Waals surface area contributed by atoms with Crippen LogP contribution in [0, 0.1) is 5.92 Å². The van der Waals surface area contributed by atoms with Crippen LogP contribution >= 0.6 is 0 Å². The first-order valence-electron chi connectivity index (χ1n) is 5.73. The van der Waals surface area contributed by atoms with E-state index in [2.05, 4.69) is 31.5 Å². The van der Waals surface area contributed by atoms with E-state index in [1.165, 1.54) is 38.5 Å². The summed E-state index contributed by atoms with van der Waals surface area (Å²) in [5.41, 5.74) is 0. The van der Waals surface area contributed by atoms with Crippen LogP contribution in [-0.2, 0) is 0 Å². The third kappa shape index (κ3) is 4.27. The molecule has 0 radical (unpaired) electrons. The molecule has 0 bridgehead atoms. The molecule has 0 amide bonds. The molecule has 0 atom stereocenters. The van der Waals surface area contributed by atoms with Crippen molar-refractivity contribution < 1.29 is 0 Å². The Bertz CT molecular complexity index is 143. The lowest BCUT2D eigenvalue weighted by molar-refractivity contribution is 0.203. The van der Waals surface area contributed by atoms with Crippen molar-refractivity contribution in [3.8, 4) is 0 Å². The predicted octanol–water partition coefficient (Wildman–Crippen LogP) is 2.99. The molecule has 1 heterocycles. The number of piperidine rings is 1. The number of rotatable bonds is 3. The Labute approximate surface area is 84.5 Å². The molecule has 1 saturated heterocycles. The van der Waals surface area contributed by atoms with E-state index in [-0.39, 0.29) is 0 Å². The Morgan fingerprint density at radius 1 is 1.15 bits per heavy atom. The molecular weight excluding hydrogens is 174 g/mol. The van der Waals surface area contributed by atoms with Gasteiger partial charge in [0.1, 0.15) is 0 Å². The minimum atomic E-state index is -0.851. The maximum atomic E-state index is 2.69. The van der Waals surface area contributed by atoms with Gasteiger partial charge in [-0.3, -0.25) is 0 Å². The molecule has 0 aromatic heterocycles. The van der Waals surface area contributed by atoms with Crippen LogP contribution in [0.4, 0.5) is 0 Å². The Kier molecular flexibility index (Phi) is 3.99. The number of nitrogens with zero attached hydrogens (tertiary/aromatic N) is 1. The second kappa shape index (κ2) is 4.60. The van der Waals surface area contributed by atoms with Gasteiger partial charge < -0.3 is 4.90 Å². The molecule has 1 rings (SSSR count). The minimum absolute atomic E-state index is 0.851. The van der Waals surface area contributed by atoms with Gasteiger partial charge in [0.15, 0.2) is 0 Å². The molecule has 0 aromatic carbocycles. The van der Waals surface area contributed by atoms with E-state index in [1.807, 2.05) is 0 Å². The zero-order valence-electron chi connectivity index (χ0n) is 9.77. The van der Waals surface area contributed by atoms with E-state index < -0.39 is 8.07 Å². The Morgan fingerprint density at radius 3 is 2.08 bits per heavy atom.